The Balaban J connectivity index is 2.15. The highest BCUT2D eigenvalue weighted by Gasteiger charge is 2.17. The van der Waals surface area contributed by atoms with Crippen molar-refractivity contribution in [2.75, 3.05) is 37.8 Å². The number of aromatic nitrogens is 2. The van der Waals surface area contributed by atoms with E-state index in [1.54, 1.807) is 6.20 Å². The summed E-state index contributed by atoms with van der Waals surface area (Å²) in [7, 11) is 4.03. The van der Waals surface area contributed by atoms with Crippen LogP contribution in [0.5, 0.6) is 0 Å². The van der Waals surface area contributed by atoms with E-state index in [9.17, 15) is 4.79 Å². The molecular formula is C21H31N5O. The van der Waals surface area contributed by atoms with Crippen LogP contribution in [0, 0.1) is 0 Å². The average molecular weight is 370 g/mol. The Kier molecular flexibility index (Phi) is 7.30. The molecule has 0 saturated heterocycles. The predicted octanol–water partition coefficient (Wildman–Crippen LogP) is 3.95. The third-order valence-electron chi connectivity index (χ3n) is 4.36. The van der Waals surface area contributed by atoms with Gasteiger partial charge in [0.25, 0.3) is 5.91 Å². The molecule has 1 aromatic carbocycles. The van der Waals surface area contributed by atoms with Crippen molar-refractivity contribution in [2.45, 2.75) is 39.5 Å². The molecule has 0 unspecified atom stereocenters. The Labute approximate surface area is 162 Å². The lowest BCUT2D eigenvalue weighted by atomic mass is 9.92. The van der Waals surface area contributed by atoms with Crippen LogP contribution in [0.2, 0.25) is 0 Å². The van der Waals surface area contributed by atoms with Gasteiger partial charge in [-0.1, -0.05) is 45.9 Å². The number of likely N-dealkylation sites (N-methyl/N-ethyl adjacent to an activating group) is 1. The number of carbonyl (C=O) groups excluding carboxylic acids is 1. The van der Waals surface area contributed by atoms with E-state index in [2.05, 4.69) is 65.3 Å². The van der Waals surface area contributed by atoms with Crippen LogP contribution in [-0.4, -0.2) is 48.0 Å². The topological polar surface area (TPSA) is 70.2 Å². The summed E-state index contributed by atoms with van der Waals surface area (Å²) in [5.74, 6) is 1.05. The molecule has 6 nitrogen and oxygen atoms in total. The highest BCUT2D eigenvalue weighted by atomic mass is 16.1. The third-order valence-corrected chi connectivity index (χ3v) is 4.36. The molecule has 0 radical (unpaired) electrons. The number of hydrogen-bond donors (Lipinski definition) is 2. The lowest BCUT2D eigenvalue weighted by molar-refractivity contribution is 0.102. The molecule has 146 valence electrons. The number of amides is 1. The fourth-order valence-electron chi connectivity index (χ4n) is 2.82. The lowest BCUT2D eigenvalue weighted by Gasteiger charge is -2.20. The van der Waals surface area contributed by atoms with Gasteiger partial charge in [0.15, 0.2) is 0 Å². The molecule has 0 spiro atoms. The van der Waals surface area contributed by atoms with Gasteiger partial charge in [-0.15, -0.1) is 0 Å². The zero-order valence-electron chi connectivity index (χ0n) is 17.2. The molecule has 27 heavy (non-hydrogen) atoms. The fourth-order valence-corrected chi connectivity index (χ4v) is 2.82. The van der Waals surface area contributed by atoms with E-state index in [0.717, 1.165) is 29.9 Å². The Morgan fingerprint density at radius 1 is 1.04 bits per heavy atom. The van der Waals surface area contributed by atoms with Crippen molar-refractivity contribution < 1.29 is 4.79 Å². The van der Waals surface area contributed by atoms with Crippen molar-refractivity contribution in [3.05, 3.63) is 47.4 Å². The maximum Gasteiger partial charge on any atom is 0.275 e. The molecule has 6 heteroatoms. The summed E-state index contributed by atoms with van der Waals surface area (Å²) in [5, 5.41) is 6.26. The second-order valence-electron chi connectivity index (χ2n) is 7.59. The SMILES string of the molecule is CC(C)c1cccc(C(C)C)c1NC(=O)c1cnc(NCCN(C)C)cn1. The molecule has 0 aliphatic rings. The Hall–Kier alpha value is -2.47. The van der Waals surface area contributed by atoms with Gasteiger partial charge in [0.1, 0.15) is 11.5 Å². The first-order valence-corrected chi connectivity index (χ1v) is 9.44. The Morgan fingerprint density at radius 3 is 2.15 bits per heavy atom. The minimum Gasteiger partial charge on any atom is -0.368 e. The van der Waals surface area contributed by atoms with Crippen molar-refractivity contribution >= 4 is 17.4 Å². The lowest BCUT2D eigenvalue weighted by Crippen LogP contribution is -2.21. The zero-order chi connectivity index (χ0) is 20.0. The molecule has 0 fully saturated rings. The van der Waals surface area contributed by atoms with Gasteiger partial charge in [0.2, 0.25) is 0 Å². The van der Waals surface area contributed by atoms with Gasteiger partial charge in [-0.3, -0.25) is 4.79 Å². The number of para-hydroxylation sites is 1. The highest BCUT2D eigenvalue weighted by molar-refractivity contribution is 6.03. The molecule has 1 amide bonds. The molecule has 2 aromatic rings. The smallest absolute Gasteiger partial charge is 0.275 e. The number of anilines is 2. The van der Waals surface area contributed by atoms with E-state index in [1.165, 1.54) is 6.20 Å². The number of rotatable bonds is 8. The normalized spacial score (nSPS) is 11.3. The maximum atomic E-state index is 12.7. The first-order chi connectivity index (χ1) is 12.8. The van der Waals surface area contributed by atoms with Crippen molar-refractivity contribution in [2.24, 2.45) is 0 Å². The number of benzene rings is 1. The van der Waals surface area contributed by atoms with Gasteiger partial charge >= 0.3 is 0 Å². The largest absolute Gasteiger partial charge is 0.368 e. The van der Waals surface area contributed by atoms with Gasteiger partial charge in [-0.2, -0.15) is 0 Å². The van der Waals surface area contributed by atoms with Crippen LogP contribution in [0.25, 0.3) is 0 Å². The van der Waals surface area contributed by atoms with E-state index < -0.39 is 0 Å². The van der Waals surface area contributed by atoms with E-state index in [1.807, 2.05) is 20.2 Å². The van der Waals surface area contributed by atoms with Crippen molar-refractivity contribution in [1.82, 2.24) is 14.9 Å². The van der Waals surface area contributed by atoms with Gasteiger partial charge in [0, 0.05) is 18.8 Å². The van der Waals surface area contributed by atoms with Crippen LogP contribution in [0.3, 0.4) is 0 Å². The molecule has 0 atom stereocenters. The Bertz CT molecular complexity index is 727. The number of nitrogens with one attached hydrogen (secondary N) is 2. The zero-order valence-corrected chi connectivity index (χ0v) is 17.2. The summed E-state index contributed by atoms with van der Waals surface area (Å²) >= 11 is 0. The van der Waals surface area contributed by atoms with Crippen molar-refractivity contribution in [3.63, 3.8) is 0 Å². The third kappa shape index (κ3) is 5.76. The molecule has 2 N–H and O–H groups in total. The Morgan fingerprint density at radius 2 is 1.67 bits per heavy atom. The summed E-state index contributed by atoms with van der Waals surface area (Å²) in [6.45, 7) is 10.2. The van der Waals surface area contributed by atoms with Gasteiger partial charge < -0.3 is 15.5 Å². The van der Waals surface area contributed by atoms with Gasteiger partial charge in [-0.25, -0.2) is 9.97 Å². The van der Waals surface area contributed by atoms with E-state index in [-0.39, 0.29) is 5.91 Å². The number of carbonyl (C=O) groups is 1. The molecule has 0 saturated carbocycles. The fraction of sp³-hybridized carbons (Fsp3) is 0.476. The molecule has 1 heterocycles. The minimum atomic E-state index is -0.239. The second kappa shape index (κ2) is 9.46. The second-order valence-corrected chi connectivity index (χ2v) is 7.59. The van der Waals surface area contributed by atoms with E-state index in [0.29, 0.717) is 23.3 Å². The summed E-state index contributed by atoms with van der Waals surface area (Å²) < 4.78 is 0. The highest BCUT2D eigenvalue weighted by Crippen LogP contribution is 2.32. The number of hydrogen-bond acceptors (Lipinski definition) is 5. The van der Waals surface area contributed by atoms with E-state index in [4.69, 9.17) is 0 Å². The molecule has 2 rings (SSSR count). The quantitative estimate of drug-likeness (QED) is 0.737. The van der Waals surface area contributed by atoms with Gasteiger partial charge in [-0.05, 0) is 37.1 Å². The van der Waals surface area contributed by atoms with Crippen molar-refractivity contribution in [1.29, 1.82) is 0 Å². The minimum absolute atomic E-state index is 0.239. The first-order valence-electron chi connectivity index (χ1n) is 9.44. The maximum absolute atomic E-state index is 12.7. The van der Waals surface area contributed by atoms with Crippen LogP contribution in [0.4, 0.5) is 11.5 Å². The molecular weight excluding hydrogens is 338 g/mol. The summed E-state index contributed by atoms with van der Waals surface area (Å²) in [6, 6.07) is 6.18. The van der Waals surface area contributed by atoms with E-state index >= 15 is 0 Å². The molecule has 0 aliphatic carbocycles. The molecule has 0 aliphatic heterocycles. The van der Waals surface area contributed by atoms with Crippen LogP contribution < -0.4 is 10.6 Å². The van der Waals surface area contributed by atoms with Crippen LogP contribution in [0.15, 0.2) is 30.6 Å². The predicted molar refractivity (Wildman–Crippen MR) is 112 cm³/mol. The van der Waals surface area contributed by atoms with Gasteiger partial charge in [0.05, 0.1) is 12.4 Å². The first kappa shape index (κ1) is 20.8. The summed E-state index contributed by atoms with van der Waals surface area (Å²) in [5.41, 5.74) is 3.46. The summed E-state index contributed by atoms with van der Waals surface area (Å²) in [6.07, 6.45) is 3.11. The summed E-state index contributed by atoms with van der Waals surface area (Å²) in [4.78, 5) is 23.4. The molecule has 0 bridgehead atoms. The van der Waals surface area contributed by atoms with Crippen LogP contribution >= 0.6 is 0 Å². The van der Waals surface area contributed by atoms with Crippen LogP contribution in [0.1, 0.15) is 61.1 Å². The molecule has 1 aromatic heterocycles. The monoisotopic (exact) mass is 369 g/mol. The number of nitrogens with zero attached hydrogens (tertiary/aromatic N) is 3. The van der Waals surface area contributed by atoms with Crippen LogP contribution in [-0.2, 0) is 0 Å². The average Bonchev–Trinajstić information content (AvgIpc) is 2.61. The van der Waals surface area contributed by atoms with Crippen molar-refractivity contribution in [3.8, 4) is 0 Å². The standard InChI is InChI=1S/C21H31N5O/c1-14(2)16-8-7-9-17(15(3)4)20(16)25-21(27)18-12-24-19(13-23-18)22-10-11-26(5)6/h7-9,12-15H,10-11H2,1-6H3,(H,22,24)(H,25,27).